The smallest absolute Gasteiger partial charge is 0.323 e. The summed E-state index contributed by atoms with van der Waals surface area (Å²) in [5.74, 6) is -0.993. The van der Waals surface area contributed by atoms with Gasteiger partial charge in [-0.25, -0.2) is 4.79 Å². The fourth-order valence-corrected chi connectivity index (χ4v) is 1.77. The highest BCUT2D eigenvalue weighted by atomic mass is 16.4. The van der Waals surface area contributed by atoms with Crippen molar-refractivity contribution in [2.45, 2.75) is 32.2 Å². The highest BCUT2D eigenvalue weighted by Crippen LogP contribution is 2.27. The van der Waals surface area contributed by atoms with Crippen molar-refractivity contribution in [2.75, 3.05) is 19.6 Å². The van der Waals surface area contributed by atoms with Gasteiger partial charge in [-0.1, -0.05) is 13.0 Å². The first-order chi connectivity index (χ1) is 8.10. The Labute approximate surface area is 102 Å². The monoisotopic (exact) mass is 240 g/mol. The van der Waals surface area contributed by atoms with Gasteiger partial charge in [-0.3, -0.25) is 4.79 Å². The average molecular weight is 240 g/mol. The topological polar surface area (TPSA) is 60.9 Å². The quantitative estimate of drug-likeness (QED) is 0.687. The van der Waals surface area contributed by atoms with Crippen LogP contribution in [-0.2, 0) is 4.79 Å². The van der Waals surface area contributed by atoms with Gasteiger partial charge in [0, 0.05) is 19.1 Å². The van der Waals surface area contributed by atoms with E-state index < -0.39 is 5.97 Å². The van der Waals surface area contributed by atoms with Gasteiger partial charge < -0.3 is 14.9 Å². The van der Waals surface area contributed by atoms with E-state index in [4.69, 9.17) is 5.11 Å². The van der Waals surface area contributed by atoms with Gasteiger partial charge in [0.25, 0.3) is 0 Å². The SMILES string of the molecule is C=CCN(CC(=O)O)C(=O)N(CCC)C1CC1. The third-order valence-electron chi connectivity index (χ3n) is 2.64. The van der Waals surface area contributed by atoms with Crippen molar-refractivity contribution in [1.29, 1.82) is 0 Å². The van der Waals surface area contributed by atoms with Crippen LogP contribution in [0.3, 0.4) is 0 Å². The van der Waals surface area contributed by atoms with E-state index in [0.29, 0.717) is 12.6 Å². The number of hydrogen-bond acceptors (Lipinski definition) is 2. The molecule has 0 unspecified atom stereocenters. The van der Waals surface area contributed by atoms with E-state index in [1.54, 1.807) is 11.0 Å². The molecule has 0 aromatic rings. The van der Waals surface area contributed by atoms with Crippen LogP contribution in [0.15, 0.2) is 12.7 Å². The van der Waals surface area contributed by atoms with E-state index >= 15 is 0 Å². The molecule has 1 aliphatic carbocycles. The van der Waals surface area contributed by atoms with Gasteiger partial charge >= 0.3 is 12.0 Å². The molecule has 1 N–H and O–H groups in total. The molecule has 0 aromatic heterocycles. The summed E-state index contributed by atoms with van der Waals surface area (Å²) in [5.41, 5.74) is 0. The predicted molar refractivity (Wildman–Crippen MR) is 64.8 cm³/mol. The molecule has 0 saturated heterocycles. The maximum absolute atomic E-state index is 12.2. The van der Waals surface area contributed by atoms with Crippen molar-refractivity contribution in [2.24, 2.45) is 0 Å². The molecule has 1 fully saturated rings. The van der Waals surface area contributed by atoms with Crippen LogP contribution in [0.4, 0.5) is 4.79 Å². The summed E-state index contributed by atoms with van der Waals surface area (Å²) in [5, 5.41) is 8.78. The van der Waals surface area contributed by atoms with Gasteiger partial charge in [0.05, 0.1) is 0 Å². The molecule has 0 aromatic carbocycles. The van der Waals surface area contributed by atoms with E-state index in [0.717, 1.165) is 19.3 Å². The van der Waals surface area contributed by atoms with Crippen LogP contribution in [0.2, 0.25) is 0 Å². The van der Waals surface area contributed by atoms with Crippen LogP contribution in [0, 0.1) is 0 Å². The van der Waals surface area contributed by atoms with E-state index in [1.165, 1.54) is 4.90 Å². The second-order valence-corrected chi connectivity index (χ2v) is 4.27. The van der Waals surface area contributed by atoms with E-state index in [9.17, 15) is 9.59 Å². The van der Waals surface area contributed by atoms with Gasteiger partial charge in [-0.05, 0) is 19.3 Å². The van der Waals surface area contributed by atoms with Gasteiger partial charge in [0.15, 0.2) is 0 Å². The molecule has 2 amide bonds. The third-order valence-corrected chi connectivity index (χ3v) is 2.64. The molecule has 0 heterocycles. The highest BCUT2D eigenvalue weighted by Gasteiger charge is 2.34. The van der Waals surface area contributed by atoms with Crippen molar-refractivity contribution in [3.8, 4) is 0 Å². The molecule has 0 radical (unpaired) electrons. The van der Waals surface area contributed by atoms with Crippen LogP contribution < -0.4 is 0 Å². The predicted octanol–water partition coefficient (Wildman–Crippen LogP) is 1.55. The van der Waals surface area contributed by atoms with Crippen LogP contribution in [0.5, 0.6) is 0 Å². The lowest BCUT2D eigenvalue weighted by atomic mass is 10.4. The van der Waals surface area contributed by atoms with Gasteiger partial charge in [0.1, 0.15) is 6.54 Å². The average Bonchev–Trinajstić information content (AvgIpc) is 3.07. The fourth-order valence-electron chi connectivity index (χ4n) is 1.77. The van der Waals surface area contributed by atoms with Crippen molar-refractivity contribution < 1.29 is 14.7 Å². The Balaban J connectivity index is 2.65. The molecule has 17 heavy (non-hydrogen) atoms. The molecule has 0 aliphatic heterocycles. The standard InChI is InChI=1S/C12H20N2O3/c1-3-7-13(9-11(15)16)12(17)14(8-4-2)10-5-6-10/h3,10H,1,4-9H2,2H3,(H,15,16). The second kappa shape index (κ2) is 6.27. The first-order valence-corrected chi connectivity index (χ1v) is 5.98. The number of carboxylic acids is 1. The molecule has 1 rings (SSSR count). The van der Waals surface area contributed by atoms with Gasteiger partial charge in [-0.2, -0.15) is 0 Å². The molecule has 0 spiro atoms. The van der Waals surface area contributed by atoms with Crippen molar-refractivity contribution in [3.05, 3.63) is 12.7 Å². The molecule has 0 atom stereocenters. The zero-order valence-corrected chi connectivity index (χ0v) is 10.3. The van der Waals surface area contributed by atoms with Crippen molar-refractivity contribution in [3.63, 3.8) is 0 Å². The lowest BCUT2D eigenvalue weighted by Gasteiger charge is -2.29. The van der Waals surface area contributed by atoms with E-state index in [-0.39, 0.29) is 19.1 Å². The largest absolute Gasteiger partial charge is 0.480 e. The minimum atomic E-state index is -0.993. The highest BCUT2D eigenvalue weighted by molar-refractivity contribution is 5.80. The molecule has 1 saturated carbocycles. The Hall–Kier alpha value is -1.52. The van der Waals surface area contributed by atoms with E-state index in [2.05, 4.69) is 6.58 Å². The third kappa shape index (κ3) is 4.09. The first-order valence-electron chi connectivity index (χ1n) is 5.98. The number of carbonyl (C=O) groups is 2. The molecule has 0 bridgehead atoms. The summed E-state index contributed by atoms with van der Waals surface area (Å²) in [4.78, 5) is 26.0. The Morgan fingerprint density at radius 3 is 2.53 bits per heavy atom. The summed E-state index contributed by atoms with van der Waals surface area (Å²) < 4.78 is 0. The lowest BCUT2D eigenvalue weighted by Crippen LogP contribution is -2.46. The normalized spacial score (nSPS) is 14.2. The number of hydrogen-bond donors (Lipinski definition) is 1. The van der Waals surface area contributed by atoms with Gasteiger partial charge in [-0.15, -0.1) is 6.58 Å². The molecule has 96 valence electrons. The molecule has 1 aliphatic rings. The fraction of sp³-hybridized carbons (Fsp3) is 0.667. The molecular formula is C12H20N2O3. The molecule has 5 nitrogen and oxygen atoms in total. The van der Waals surface area contributed by atoms with Gasteiger partial charge in [0.2, 0.25) is 0 Å². The van der Waals surface area contributed by atoms with E-state index in [1.807, 2.05) is 6.92 Å². The summed E-state index contributed by atoms with van der Waals surface area (Å²) in [6.45, 7) is 6.26. The number of rotatable bonds is 7. The molecular weight excluding hydrogens is 220 g/mol. The summed E-state index contributed by atoms with van der Waals surface area (Å²) in [7, 11) is 0. The van der Waals surface area contributed by atoms with Crippen molar-refractivity contribution >= 4 is 12.0 Å². The van der Waals surface area contributed by atoms with Crippen LogP contribution in [-0.4, -0.2) is 52.6 Å². The Kier molecular flexibility index (Phi) is 5.00. The second-order valence-electron chi connectivity index (χ2n) is 4.27. The first kappa shape index (κ1) is 13.5. The Morgan fingerprint density at radius 1 is 1.47 bits per heavy atom. The zero-order valence-electron chi connectivity index (χ0n) is 10.3. The number of carboxylic acid groups (broad SMARTS) is 1. The number of aliphatic carboxylic acids is 1. The lowest BCUT2D eigenvalue weighted by molar-refractivity contribution is -0.137. The zero-order chi connectivity index (χ0) is 12.8. The maximum Gasteiger partial charge on any atom is 0.323 e. The Bertz CT molecular complexity index is 300. The number of nitrogens with zero attached hydrogens (tertiary/aromatic N) is 2. The number of urea groups is 1. The molecule has 5 heteroatoms. The maximum atomic E-state index is 12.2. The minimum Gasteiger partial charge on any atom is -0.480 e. The summed E-state index contributed by atoms with van der Waals surface area (Å²) >= 11 is 0. The minimum absolute atomic E-state index is 0.184. The van der Waals surface area contributed by atoms with Crippen LogP contribution >= 0.6 is 0 Å². The summed E-state index contributed by atoms with van der Waals surface area (Å²) in [6.07, 6.45) is 4.50. The number of carbonyl (C=O) groups excluding carboxylic acids is 1. The van der Waals surface area contributed by atoms with Crippen molar-refractivity contribution in [1.82, 2.24) is 9.80 Å². The summed E-state index contributed by atoms with van der Waals surface area (Å²) in [6, 6.07) is 0.125. The number of amides is 2. The van der Waals surface area contributed by atoms with Crippen LogP contribution in [0.1, 0.15) is 26.2 Å². The van der Waals surface area contributed by atoms with Crippen LogP contribution in [0.25, 0.3) is 0 Å². The Morgan fingerprint density at radius 2 is 2.12 bits per heavy atom.